The first-order valence-corrected chi connectivity index (χ1v) is 9.73. The first-order chi connectivity index (χ1) is 13.8. The second-order valence-corrected chi connectivity index (χ2v) is 7.88. The van der Waals surface area contributed by atoms with Crippen molar-refractivity contribution < 1.29 is 28.7 Å². The summed E-state index contributed by atoms with van der Waals surface area (Å²) in [6.07, 6.45) is 5.88. The molecule has 0 radical (unpaired) electrons. The summed E-state index contributed by atoms with van der Waals surface area (Å²) in [6, 6.07) is 4.79. The molecule has 2 fully saturated rings. The third-order valence-corrected chi connectivity index (χ3v) is 5.37. The van der Waals surface area contributed by atoms with E-state index in [9.17, 15) is 19.2 Å². The molecule has 1 N–H and O–H groups in total. The summed E-state index contributed by atoms with van der Waals surface area (Å²) in [5.41, 5.74) is 0.594. The number of carbonyl (C=O) groups is 4. The van der Waals surface area contributed by atoms with Crippen molar-refractivity contribution in [3.8, 4) is 0 Å². The van der Waals surface area contributed by atoms with Crippen molar-refractivity contribution in [3.63, 3.8) is 0 Å². The number of esters is 2. The zero-order valence-corrected chi connectivity index (χ0v) is 16.3. The van der Waals surface area contributed by atoms with Gasteiger partial charge in [-0.05, 0) is 25.0 Å². The molecule has 1 saturated heterocycles. The molecule has 2 amide bonds. The molecular weight excluding hydrogens is 376 g/mol. The maximum absolute atomic E-state index is 13.1. The van der Waals surface area contributed by atoms with Crippen LogP contribution in [0, 0.1) is 0 Å². The van der Waals surface area contributed by atoms with Gasteiger partial charge in [-0.15, -0.1) is 0 Å². The van der Waals surface area contributed by atoms with Gasteiger partial charge in [-0.2, -0.15) is 0 Å². The fourth-order valence-electron chi connectivity index (χ4n) is 4.02. The first kappa shape index (κ1) is 19.2. The van der Waals surface area contributed by atoms with E-state index in [0.29, 0.717) is 11.3 Å². The average Bonchev–Trinajstić information content (AvgIpc) is 2.92. The average molecular weight is 398 g/mol. The minimum atomic E-state index is -1.33. The van der Waals surface area contributed by atoms with E-state index in [1.807, 2.05) is 0 Å². The summed E-state index contributed by atoms with van der Waals surface area (Å²) in [5, 5.41) is 2.81. The fraction of sp³-hybridized carbons (Fsp3) is 0.429. The quantitative estimate of drug-likeness (QED) is 0.361. The number of cyclic esters (lactones) is 2. The van der Waals surface area contributed by atoms with Crippen molar-refractivity contribution in [1.29, 1.82) is 0 Å². The first-order valence-electron chi connectivity index (χ1n) is 9.73. The molecule has 3 aliphatic rings. The summed E-state index contributed by atoms with van der Waals surface area (Å²) in [5.74, 6) is -3.63. The van der Waals surface area contributed by atoms with E-state index < -0.39 is 17.7 Å². The van der Waals surface area contributed by atoms with Crippen molar-refractivity contribution in [1.82, 2.24) is 4.90 Å². The number of nitrogens with one attached hydrogen (secondary N) is 1. The normalized spacial score (nSPS) is 21.6. The van der Waals surface area contributed by atoms with Crippen LogP contribution < -0.4 is 5.32 Å². The van der Waals surface area contributed by atoms with Crippen LogP contribution in [0.15, 0.2) is 30.0 Å². The maximum atomic E-state index is 13.1. The largest absolute Gasteiger partial charge is 0.419 e. The molecule has 0 unspecified atom stereocenters. The minimum Gasteiger partial charge on any atom is -0.419 e. The van der Waals surface area contributed by atoms with Crippen molar-refractivity contribution >= 4 is 29.4 Å². The lowest BCUT2D eigenvalue weighted by Gasteiger charge is -2.29. The van der Waals surface area contributed by atoms with Crippen LogP contribution in [0.25, 0.3) is 0 Å². The van der Waals surface area contributed by atoms with E-state index in [0.717, 1.165) is 38.3 Å². The summed E-state index contributed by atoms with van der Waals surface area (Å²) in [7, 11) is 0. The molecule has 2 aliphatic heterocycles. The Bertz CT molecular complexity index is 920. The Morgan fingerprint density at radius 2 is 1.66 bits per heavy atom. The van der Waals surface area contributed by atoms with Crippen LogP contribution in [0.2, 0.25) is 0 Å². The second-order valence-electron chi connectivity index (χ2n) is 7.88. The Kier molecular flexibility index (Phi) is 4.64. The molecule has 1 aliphatic carbocycles. The molecule has 0 bridgehead atoms. The highest BCUT2D eigenvalue weighted by molar-refractivity contribution is 6.24. The number of fused-ring (bicyclic) bond motifs is 1. The highest BCUT2D eigenvalue weighted by atomic mass is 16.7. The van der Waals surface area contributed by atoms with Crippen LogP contribution in [0.5, 0.6) is 0 Å². The Hall–Kier alpha value is -3.16. The van der Waals surface area contributed by atoms with Crippen LogP contribution in [-0.4, -0.2) is 40.5 Å². The van der Waals surface area contributed by atoms with Gasteiger partial charge in [-0.25, -0.2) is 9.59 Å². The molecule has 29 heavy (non-hydrogen) atoms. The summed E-state index contributed by atoms with van der Waals surface area (Å²) < 4.78 is 10.1. The standard InChI is InChI=1S/C21H22N2O6/c1-21(2)28-19(26)14(20(27)29-21)11-22-15-10-6-9-13-16(15)18(25)23(17(13)24)12-7-4-3-5-8-12/h6,9-12,22H,3-5,7-8H2,1-2H3. The zero-order chi connectivity index (χ0) is 20.8. The third-order valence-electron chi connectivity index (χ3n) is 5.37. The number of hydrogen-bond acceptors (Lipinski definition) is 7. The van der Waals surface area contributed by atoms with Crippen molar-refractivity contribution in [3.05, 3.63) is 41.1 Å². The van der Waals surface area contributed by atoms with Gasteiger partial charge in [0, 0.05) is 26.1 Å². The Morgan fingerprint density at radius 1 is 1.00 bits per heavy atom. The number of carbonyl (C=O) groups excluding carboxylic acids is 4. The van der Waals surface area contributed by atoms with Gasteiger partial charge < -0.3 is 14.8 Å². The third kappa shape index (κ3) is 3.39. The highest BCUT2D eigenvalue weighted by Gasteiger charge is 2.42. The molecule has 2 heterocycles. The lowest BCUT2D eigenvalue weighted by atomic mass is 9.94. The van der Waals surface area contributed by atoms with E-state index in [-0.39, 0.29) is 29.0 Å². The summed E-state index contributed by atoms with van der Waals surface area (Å²) >= 11 is 0. The van der Waals surface area contributed by atoms with E-state index in [1.165, 1.54) is 18.7 Å². The van der Waals surface area contributed by atoms with Crippen LogP contribution >= 0.6 is 0 Å². The number of anilines is 1. The SMILES string of the molecule is CC1(C)OC(=O)C(=CNc2cccc3c2C(=O)N(C2CCCCC2)C3=O)C(=O)O1. The molecule has 0 atom stereocenters. The van der Waals surface area contributed by atoms with Gasteiger partial charge in [-0.3, -0.25) is 14.5 Å². The van der Waals surface area contributed by atoms with Crippen molar-refractivity contribution in [2.24, 2.45) is 0 Å². The number of nitrogens with zero attached hydrogens (tertiary/aromatic N) is 1. The van der Waals surface area contributed by atoms with E-state index in [1.54, 1.807) is 18.2 Å². The van der Waals surface area contributed by atoms with Gasteiger partial charge in [0.25, 0.3) is 17.6 Å². The van der Waals surface area contributed by atoms with Crippen LogP contribution in [0.1, 0.15) is 66.7 Å². The number of amides is 2. The van der Waals surface area contributed by atoms with Crippen LogP contribution in [-0.2, 0) is 19.1 Å². The van der Waals surface area contributed by atoms with Gasteiger partial charge in [0.15, 0.2) is 5.57 Å². The van der Waals surface area contributed by atoms with E-state index >= 15 is 0 Å². The van der Waals surface area contributed by atoms with Gasteiger partial charge in [0.05, 0.1) is 16.8 Å². The van der Waals surface area contributed by atoms with Gasteiger partial charge in [-0.1, -0.05) is 25.3 Å². The minimum absolute atomic E-state index is 0.0899. The molecule has 1 saturated carbocycles. The van der Waals surface area contributed by atoms with Gasteiger partial charge in [0.1, 0.15) is 0 Å². The lowest BCUT2D eigenvalue weighted by Crippen LogP contribution is -2.42. The molecule has 4 rings (SSSR count). The van der Waals surface area contributed by atoms with E-state index in [2.05, 4.69) is 5.32 Å². The van der Waals surface area contributed by atoms with Gasteiger partial charge in [0.2, 0.25) is 0 Å². The molecule has 0 spiro atoms. The summed E-state index contributed by atoms with van der Waals surface area (Å²) in [6.45, 7) is 2.92. The van der Waals surface area contributed by atoms with E-state index in [4.69, 9.17) is 9.47 Å². The Balaban J connectivity index is 1.61. The topological polar surface area (TPSA) is 102 Å². The van der Waals surface area contributed by atoms with Crippen LogP contribution in [0.3, 0.4) is 0 Å². The number of rotatable bonds is 3. The lowest BCUT2D eigenvalue weighted by molar-refractivity contribution is -0.222. The smallest absolute Gasteiger partial charge is 0.350 e. The van der Waals surface area contributed by atoms with Crippen molar-refractivity contribution in [2.75, 3.05) is 5.32 Å². The molecule has 8 nitrogen and oxygen atoms in total. The fourth-order valence-corrected chi connectivity index (χ4v) is 4.02. The predicted octanol–water partition coefficient (Wildman–Crippen LogP) is 2.75. The number of ether oxygens (including phenoxy) is 2. The summed E-state index contributed by atoms with van der Waals surface area (Å²) in [4.78, 5) is 51.4. The van der Waals surface area contributed by atoms with Gasteiger partial charge >= 0.3 is 11.9 Å². The molecule has 1 aromatic carbocycles. The Labute approximate surface area is 167 Å². The van der Waals surface area contributed by atoms with Crippen LogP contribution in [0.4, 0.5) is 5.69 Å². The number of imide groups is 1. The Morgan fingerprint density at radius 3 is 2.31 bits per heavy atom. The highest BCUT2D eigenvalue weighted by Crippen LogP contribution is 2.34. The monoisotopic (exact) mass is 398 g/mol. The van der Waals surface area contributed by atoms with Crippen molar-refractivity contribution in [2.45, 2.75) is 57.8 Å². The molecule has 152 valence electrons. The molecule has 1 aromatic rings. The molecule has 0 aromatic heterocycles. The zero-order valence-electron chi connectivity index (χ0n) is 16.3. The number of hydrogen-bond donors (Lipinski definition) is 1. The predicted molar refractivity (Wildman–Crippen MR) is 102 cm³/mol. The maximum Gasteiger partial charge on any atom is 0.350 e. The molecular formula is C21H22N2O6. The second kappa shape index (κ2) is 7.02. The number of benzene rings is 1. The molecule has 8 heteroatoms.